The zero-order valence-electron chi connectivity index (χ0n) is 11.1. The first kappa shape index (κ1) is 14.5. The molecule has 0 aliphatic heterocycles. The van der Waals surface area contributed by atoms with Crippen LogP contribution in [0.2, 0.25) is 5.02 Å². The number of rotatable bonds is 6. The van der Waals surface area contributed by atoms with Crippen molar-refractivity contribution >= 4 is 17.3 Å². The largest absolute Gasteiger partial charge is 0.494 e. The number of nitrogens with zero attached hydrogens (tertiary/aromatic N) is 1. The van der Waals surface area contributed by atoms with E-state index in [1.807, 2.05) is 12.1 Å². The second-order valence-corrected chi connectivity index (χ2v) is 4.94. The van der Waals surface area contributed by atoms with E-state index in [9.17, 15) is 4.79 Å². The standard InChI is InChI=1S/C15H17ClN2O2/c16-12-3-6-14(7-4-12)20-10-2-1-9-18-11-13(17)5-8-15(18)19/h3-8,11H,1-2,9-10,17H2. The first-order chi connectivity index (χ1) is 9.65. The molecule has 1 aromatic heterocycles. The lowest BCUT2D eigenvalue weighted by Crippen LogP contribution is -2.19. The van der Waals surface area contributed by atoms with Gasteiger partial charge in [0.05, 0.1) is 6.61 Å². The van der Waals surface area contributed by atoms with E-state index in [1.165, 1.54) is 6.07 Å². The molecular formula is C15H17ClN2O2. The summed E-state index contributed by atoms with van der Waals surface area (Å²) in [7, 11) is 0. The van der Waals surface area contributed by atoms with Crippen LogP contribution in [0.25, 0.3) is 0 Å². The fourth-order valence-electron chi connectivity index (χ4n) is 1.83. The topological polar surface area (TPSA) is 57.2 Å². The SMILES string of the molecule is Nc1ccc(=O)n(CCCCOc2ccc(Cl)cc2)c1. The van der Waals surface area contributed by atoms with Gasteiger partial charge in [0.1, 0.15) is 5.75 Å². The predicted octanol–water partition coefficient (Wildman–Crippen LogP) is 2.94. The third-order valence-electron chi connectivity index (χ3n) is 2.88. The molecule has 1 aromatic carbocycles. The molecule has 0 radical (unpaired) electrons. The molecule has 2 rings (SSSR count). The molecule has 0 saturated carbocycles. The summed E-state index contributed by atoms with van der Waals surface area (Å²) in [5.74, 6) is 0.801. The zero-order valence-corrected chi connectivity index (χ0v) is 11.8. The van der Waals surface area contributed by atoms with Gasteiger partial charge in [0.2, 0.25) is 0 Å². The Balaban J connectivity index is 1.73. The number of benzene rings is 1. The number of nitrogens with two attached hydrogens (primary N) is 1. The number of aryl methyl sites for hydroxylation is 1. The Kier molecular flexibility index (Phi) is 5.07. The molecule has 2 aromatic rings. The van der Waals surface area contributed by atoms with Crippen molar-refractivity contribution in [3.8, 4) is 5.75 Å². The molecule has 0 saturated heterocycles. The Morgan fingerprint density at radius 1 is 1.10 bits per heavy atom. The highest BCUT2D eigenvalue weighted by molar-refractivity contribution is 6.30. The van der Waals surface area contributed by atoms with Crippen molar-refractivity contribution in [2.75, 3.05) is 12.3 Å². The Bertz CT molecular complexity index is 608. The van der Waals surface area contributed by atoms with Crippen LogP contribution in [0.1, 0.15) is 12.8 Å². The van der Waals surface area contributed by atoms with E-state index in [4.69, 9.17) is 22.1 Å². The van der Waals surface area contributed by atoms with Crippen molar-refractivity contribution in [2.24, 2.45) is 0 Å². The van der Waals surface area contributed by atoms with Crippen molar-refractivity contribution in [1.82, 2.24) is 4.57 Å². The van der Waals surface area contributed by atoms with Crippen LogP contribution in [-0.2, 0) is 6.54 Å². The fraction of sp³-hybridized carbons (Fsp3) is 0.267. The number of hydrogen-bond donors (Lipinski definition) is 1. The lowest BCUT2D eigenvalue weighted by Gasteiger charge is -2.08. The van der Waals surface area contributed by atoms with Gasteiger partial charge in [0.25, 0.3) is 5.56 Å². The summed E-state index contributed by atoms with van der Waals surface area (Å²) < 4.78 is 7.20. The van der Waals surface area contributed by atoms with E-state index < -0.39 is 0 Å². The first-order valence-electron chi connectivity index (χ1n) is 6.49. The highest BCUT2D eigenvalue weighted by atomic mass is 35.5. The van der Waals surface area contributed by atoms with Gasteiger partial charge in [-0.15, -0.1) is 0 Å². The number of anilines is 1. The molecule has 106 valence electrons. The van der Waals surface area contributed by atoms with Crippen LogP contribution in [0, 0.1) is 0 Å². The maximum atomic E-state index is 11.6. The van der Waals surface area contributed by atoms with Gasteiger partial charge in [-0.2, -0.15) is 0 Å². The van der Waals surface area contributed by atoms with E-state index in [1.54, 1.807) is 29.0 Å². The minimum absolute atomic E-state index is 0.0298. The summed E-state index contributed by atoms with van der Waals surface area (Å²) >= 11 is 5.79. The quantitative estimate of drug-likeness (QED) is 0.833. The van der Waals surface area contributed by atoms with Crippen LogP contribution in [0.4, 0.5) is 5.69 Å². The maximum absolute atomic E-state index is 11.6. The van der Waals surface area contributed by atoms with Crippen LogP contribution < -0.4 is 16.0 Å². The van der Waals surface area contributed by atoms with Gasteiger partial charge in [0.15, 0.2) is 0 Å². The van der Waals surface area contributed by atoms with Gasteiger partial charge >= 0.3 is 0 Å². The predicted molar refractivity (Wildman–Crippen MR) is 81.3 cm³/mol. The van der Waals surface area contributed by atoms with E-state index in [0.29, 0.717) is 23.9 Å². The Morgan fingerprint density at radius 3 is 2.60 bits per heavy atom. The Hall–Kier alpha value is -1.94. The summed E-state index contributed by atoms with van der Waals surface area (Å²) in [6, 6.07) is 10.4. The molecular weight excluding hydrogens is 276 g/mol. The summed E-state index contributed by atoms with van der Waals surface area (Å²) in [5.41, 5.74) is 6.22. The minimum atomic E-state index is -0.0298. The van der Waals surface area contributed by atoms with Gasteiger partial charge in [0, 0.05) is 29.5 Å². The molecule has 0 aliphatic rings. The lowest BCUT2D eigenvalue weighted by atomic mass is 10.3. The Morgan fingerprint density at radius 2 is 1.85 bits per heavy atom. The number of halogens is 1. The van der Waals surface area contributed by atoms with Gasteiger partial charge in [-0.3, -0.25) is 4.79 Å². The van der Waals surface area contributed by atoms with E-state index in [2.05, 4.69) is 0 Å². The highest BCUT2D eigenvalue weighted by Gasteiger charge is 1.98. The van der Waals surface area contributed by atoms with Crippen molar-refractivity contribution in [3.05, 3.63) is 58.0 Å². The molecule has 0 bridgehead atoms. The van der Waals surface area contributed by atoms with Gasteiger partial charge in [-0.25, -0.2) is 0 Å². The normalized spacial score (nSPS) is 10.4. The third kappa shape index (κ3) is 4.31. The van der Waals surface area contributed by atoms with Crippen molar-refractivity contribution in [2.45, 2.75) is 19.4 Å². The molecule has 20 heavy (non-hydrogen) atoms. The molecule has 0 atom stereocenters. The summed E-state index contributed by atoms with van der Waals surface area (Å²) in [4.78, 5) is 11.6. The number of aromatic nitrogens is 1. The molecule has 0 fully saturated rings. The number of ether oxygens (including phenoxy) is 1. The number of hydrogen-bond acceptors (Lipinski definition) is 3. The maximum Gasteiger partial charge on any atom is 0.250 e. The van der Waals surface area contributed by atoms with Gasteiger partial charge in [-0.05, 0) is 43.2 Å². The molecule has 0 aliphatic carbocycles. The highest BCUT2D eigenvalue weighted by Crippen LogP contribution is 2.15. The first-order valence-corrected chi connectivity index (χ1v) is 6.87. The average molecular weight is 293 g/mol. The van der Waals surface area contributed by atoms with Crippen LogP contribution in [0.3, 0.4) is 0 Å². The second kappa shape index (κ2) is 7.01. The summed E-state index contributed by atoms with van der Waals surface area (Å²) in [6.45, 7) is 1.26. The van der Waals surface area contributed by atoms with Gasteiger partial charge in [-0.1, -0.05) is 11.6 Å². The summed E-state index contributed by atoms with van der Waals surface area (Å²) in [5, 5.41) is 0.693. The van der Waals surface area contributed by atoms with Crippen molar-refractivity contribution in [3.63, 3.8) is 0 Å². The number of unbranched alkanes of at least 4 members (excludes halogenated alkanes) is 1. The van der Waals surface area contributed by atoms with Crippen LogP contribution in [-0.4, -0.2) is 11.2 Å². The number of pyridine rings is 1. The molecule has 5 heteroatoms. The smallest absolute Gasteiger partial charge is 0.250 e. The average Bonchev–Trinajstić information content (AvgIpc) is 2.44. The second-order valence-electron chi connectivity index (χ2n) is 4.50. The zero-order chi connectivity index (χ0) is 14.4. The van der Waals surface area contributed by atoms with E-state index in [-0.39, 0.29) is 5.56 Å². The van der Waals surface area contributed by atoms with Gasteiger partial charge < -0.3 is 15.0 Å². The van der Waals surface area contributed by atoms with E-state index >= 15 is 0 Å². The third-order valence-corrected chi connectivity index (χ3v) is 3.13. The Labute approximate surface area is 122 Å². The van der Waals surface area contributed by atoms with Crippen LogP contribution in [0.5, 0.6) is 5.75 Å². The molecule has 0 amide bonds. The van der Waals surface area contributed by atoms with Crippen LogP contribution in [0.15, 0.2) is 47.4 Å². The van der Waals surface area contributed by atoms with Crippen LogP contribution >= 0.6 is 11.6 Å². The molecule has 0 unspecified atom stereocenters. The lowest BCUT2D eigenvalue weighted by molar-refractivity contribution is 0.303. The number of nitrogen functional groups attached to an aromatic ring is 1. The molecule has 1 heterocycles. The molecule has 0 spiro atoms. The van der Waals surface area contributed by atoms with Crippen molar-refractivity contribution < 1.29 is 4.74 Å². The summed E-state index contributed by atoms with van der Waals surface area (Å²) in [6.07, 6.45) is 3.39. The molecule has 4 nitrogen and oxygen atoms in total. The van der Waals surface area contributed by atoms with E-state index in [0.717, 1.165) is 18.6 Å². The fourth-order valence-corrected chi connectivity index (χ4v) is 1.96. The minimum Gasteiger partial charge on any atom is -0.494 e. The monoisotopic (exact) mass is 292 g/mol. The van der Waals surface area contributed by atoms with Crippen molar-refractivity contribution in [1.29, 1.82) is 0 Å². The molecule has 2 N–H and O–H groups in total.